The first-order chi connectivity index (χ1) is 28.0. The Morgan fingerprint density at radius 2 is 0.842 bits per heavy atom. The highest BCUT2D eigenvalue weighted by atomic mass is 32.1. The Labute approximate surface area is 337 Å². The summed E-state index contributed by atoms with van der Waals surface area (Å²) in [6, 6.07) is 73.9. The van der Waals surface area contributed by atoms with Crippen molar-refractivity contribution in [2.45, 2.75) is 19.3 Å². The molecule has 0 unspecified atom stereocenters. The molecule has 270 valence electrons. The predicted molar refractivity (Wildman–Crippen MR) is 245 cm³/mol. The second-order valence-corrected chi connectivity index (χ2v) is 16.9. The van der Waals surface area contributed by atoms with Crippen molar-refractivity contribution in [3.05, 3.63) is 211 Å². The van der Waals surface area contributed by atoms with Crippen molar-refractivity contribution in [1.82, 2.24) is 0 Å². The van der Waals surface area contributed by atoms with E-state index in [2.05, 4.69) is 219 Å². The van der Waals surface area contributed by atoms with Gasteiger partial charge in [-0.25, -0.2) is 0 Å². The third kappa shape index (κ3) is 5.67. The Balaban J connectivity index is 0.956. The fraction of sp³-hybridized carbons (Fsp3) is 0.0545. The van der Waals surface area contributed by atoms with Gasteiger partial charge in [0.1, 0.15) is 0 Å². The van der Waals surface area contributed by atoms with Crippen molar-refractivity contribution in [3.8, 4) is 44.5 Å². The molecule has 1 aliphatic rings. The Morgan fingerprint density at radius 3 is 1.54 bits per heavy atom. The third-order valence-corrected chi connectivity index (χ3v) is 13.2. The SMILES string of the molecule is CC1(C)c2ccccc2-c2ccc(-c3ccc(N(c4ccc(-c5ccc6ccccc6c5)cc4)c4ccc(-c5ccc6c(c5)sc5ccccc56)cc4)cc3)cc21. The molecule has 11 rings (SSSR count). The average Bonchev–Trinajstić information content (AvgIpc) is 3.75. The van der Waals surface area contributed by atoms with Gasteiger partial charge >= 0.3 is 0 Å². The largest absolute Gasteiger partial charge is 0.311 e. The zero-order valence-corrected chi connectivity index (χ0v) is 32.7. The van der Waals surface area contributed by atoms with Crippen LogP contribution in [-0.4, -0.2) is 0 Å². The van der Waals surface area contributed by atoms with Crippen molar-refractivity contribution < 1.29 is 0 Å². The molecular weight excluding hydrogens is 707 g/mol. The minimum atomic E-state index is -0.0342. The van der Waals surface area contributed by atoms with Gasteiger partial charge in [0, 0.05) is 42.6 Å². The summed E-state index contributed by atoms with van der Waals surface area (Å²) in [5, 5.41) is 5.17. The van der Waals surface area contributed by atoms with Crippen LogP contribution in [0.2, 0.25) is 0 Å². The van der Waals surface area contributed by atoms with Crippen LogP contribution >= 0.6 is 11.3 Å². The molecule has 0 aliphatic heterocycles. The lowest BCUT2D eigenvalue weighted by Crippen LogP contribution is -2.14. The summed E-state index contributed by atoms with van der Waals surface area (Å²) in [4.78, 5) is 2.37. The van der Waals surface area contributed by atoms with Gasteiger partial charge in [0.2, 0.25) is 0 Å². The van der Waals surface area contributed by atoms with E-state index in [0.29, 0.717) is 0 Å². The lowest BCUT2D eigenvalue weighted by Gasteiger charge is -2.26. The van der Waals surface area contributed by atoms with Gasteiger partial charge in [0.15, 0.2) is 0 Å². The van der Waals surface area contributed by atoms with Gasteiger partial charge in [0.05, 0.1) is 0 Å². The van der Waals surface area contributed by atoms with Crippen LogP contribution in [0.4, 0.5) is 17.1 Å². The fourth-order valence-corrected chi connectivity index (χ4v) is 10.2. The van der Waals surface area contributed by atoms with Gasteiger partial charge in [-0.3, -0.25) is 0 Å². The van der Waals surface area contributed by atoms with E-state index in [1.54, 1.807) is 0 Å². The predicted octanol–water partition coefficient (Wildman–Crippen LogP) is 16.0. The van der Waals surface area contributed by atoms with Crippen LogP contribution in [0.5, 0.6) is 0 Å². The molecule has 0 fully saturated rings. The molecule has 1 aromatic heterocycles. The number of benzene rings is 9. The number of hydrogen-bond donors (Lipinski definition) is 0. The Morgan fingerprint density at radius 1 is 0.351 bits per heavy atom. The molecule has 57 heavy (non-hydrogen) atoms. The van der Waals surface area contributed by atoms with E-state index in [1.165, 1.54) is 86.6 Å². The molecule has 1 aliphatic carbocycles. The maximum absolute atomic E-state index is 2.41. The monoisotopic (exact) mass is 745 g/mol. The Kier molecular flexibility index (Phi) is 7.77. The molecule has 0 amide bonds. The van der Waals surface area contributed by atoms with Crippen molar-refractivity contribution >= 4 is 59.3 Å². The van der Waals surface area contributed by atoms with E-state index in [4.69, 9.17) is 0 Å². The minimum Gasteiger partial charge on any atom is -0.311 e. The van der Waals surface area contributed by atoms with Crippen molar-refractivity contribution in [3.63, 3.8) is 0 Å². The fourth-order valence-electron chi connectivity index (χ4n) is 9.01. The maximum Gasteiger partial charge on any atom is 0.0462 e. The van der Waals surface area contributed by atoms with Gasteiger partial charge in [-0.1, -0.05) is 153 Å². The molecule has 0 spiro atoms. The van der Waals surface area contributed by atoms with Gasteiger partial charge in [-0.05, 0) is 127 Å². The maximum atomic E-state index is 2.41. The number of anilines is 3. The van der Waals surface area contributed by atoms with E-state index in [0.717, 1.165) is 17.1 Å². The molecule has 0 saturated carbocycles. The second-order valence-electron chi connectivity index (χ2n) is 15.8. The third-order valence-electron chi connectivity index (χ3n) is 12.1. The molecular formula is C55H39NS. The number of nitrogens with zero attached hydrogens (tertiary/aromatic N) is 1. The van der Waals surface area contributed by atoms with Crippen LogP contribution in [-0.2, 0) is 5.41 Å². The highest BCUT2D eigenvalue weighted by Crippen LogP contribution is 2.50. The number of thiophene rings is 1. The average molecular weight is 746 g/mol. The summed E-state index contributed by atoms with van der Waals surface area (Å²) in [5.41, 5.74) is 16.1. The van der Waals surface area contributed by atoms with Crippen LogP contribution in [0.1, 0.15) is 25.0 Å². The molecule has 2 heteroatoms. The summed E-state index contributed by atoms with van der Waals surface area (Å²) in [5.74, 6) is 0. The molecule has 0 radical (unpaired) electrons. The van der Waals surface area contributed by atoms with Crippen LogP contribution < -0.4 is 4.90 Å². The zero-order chi connectivity index (χ0) is 38.1. The second kappa shape index (κ2) is 13.2. The lowest BCUT2D eigenvalue weighted by atomic mass is 9.81. The standard InChI is InChI=1S/C55H39NS/c1-55(2)51-13-7-5-11-47(51)48-31-23-42(34-52(48)55)38-19-27-45(28-20-38)56(44-25-17-37(18-26-44)41-16-15-36-9-3-4-10-40(36)33-41)46-29-21-39(22-30-46)43-24-32-50-49-12-6-8-14-53(49)57-54(50)35-43/h3-35H,1-2H3. The molecule has 0 bridgehead atoms. The van der Waals surface area contributed by atoms with E-state index in [-0.39, 0.29) is 5.41 Å². The molecule has 1 nitrogen and oxygen atoms in total. The number of fused-ring (bicyclic) bond motifs is 7. The smallest absolute Gasteiger partial charge is 0.0462 e. The topological polar surface area (TPSA) is 3.24 Å². The van der Waals surface area contributed by atoms with E-state index in [9.17, 15) is 0 Å². The van der Waals surface area contributed by atoms with Gasteiger partial charge in [-0.2, -0.15) is 0 Å². The van der Waals surface area contributed by atoms with E-state index < -0.39 is 0 Å². The summed E-state index contributed by atoms with van der Waals surface area (Å²) in [7, 11) is 0. The van der Waals surface area contributed by atoms with Crippen LogP contribution in [0.25, 0.3) is 75.5 Å². The molecule has 0 N–H and O–H groups in total. The highest BCUT2D eigenvalue weighted by Gasteiger charge is 2.35. The van der Waals surface area contributed by atoms with Crippen molar-refractivity contribution in [2.75, 3.05) is 4.90 Å². The minimum absolute atomic E-state index is 0.0342. The summed E-state index contributed by atoms with van der Waals surface area (Å²) >= 11 is 1.87. The zero-order valence-electron chi connectivity index (χ0n) is 31.9. The van der Waals surface area contributed by atoms with E-state index in [1.807, 2.05) is 11.3 Å². The van der Waals surface area contributed by atoms with E-state index >= 15 is 0 Å². The summed E-state index contributed by atoms with van der Waals surface area (Å²) < 4.78 is 2.65. The summed E-state index contributed by atoms with van der Waals surface area (Å²) in [6.45, 7) is 4.70. The number of rotatable bonds is 6. The Hall–Kier alpha value is -6.74. The molecule has 1 heterocycles. The van der Waals surface area contributed by atoms with Crippen LogP contribution in [0.15, 0.2) is 200 Å². The first kappa shape index (κ1) is 33.6. The molecule has 9 aromatic carbocycles. The lowest BCUT2D eigenvalue weighted by molar-refractivity contribution is 0.660. The molecule has 0 saturated heterocycles. The quantitative estimate of drug-likeness (QED) is 0.164. The molecule has 10 aromatic rings. The normalized spacial score (nSPS) is 12.9. The Bertz CT molecular complexity index is 3130. The van der Waals surface area contributed by atoms with Gasteiger partial charge in [-0.15, -0.1) is 11.3 Å². The van der Waals surface area contributed by atoms with Gasteiger partial charge in [0.25, 0.3) is 0 Å². The van der Waals surface area contributed by atoms with Gasteiger partial charge < -0.3 is 4.90 Å². The van der Waals surface area contributed by atoms with Crippen LogP contribution in [0, 0.1) is 0 Å². The summed E-state index contributed by atoms with van der Waals surface area (Å²) in [6.07, 6.45) is 0. The first-order valence-electron chi connectivity index (χ1n) is 19.7. The van der Waals surface area contributed by atoms with Crippen LogP contribution in [0.3, 0.4) is 0 Å². The molecule has 0 atom stereocenters. The van der Waals surface area contributed by atoms with Crippen molar-refractivity contribution in [2.24, 2.45) is 0 Å². The van der Waals surface area contributed by atoms with Crippen molar-refractivity contribution in [1.29, 1.82) is 0 Å². The first-order valence-corrected chi connectivity index (χ1v) is 20.6. The number of hydrogen-bond acceptors (Lipinski definition) is 2. The highest BCUT2D eigenvalue weighted by molar-refractivity contribution is 7.25.